The van der Waals surface area contributed by atoms with Crippen LogP contribution in [0.5, 0.6) is 5.75 Å². The van der Waals surface area contributed by atoms with Crippen molar-refractivity contribution < 1.29 is 23.5 Å². The Morgan fingerprint density at radius 2 is 1.83 bits per heavy atom. The van der Waals surface area contributed by atoms with Crippen LogP contribution in [-0.4, -0.2) is 85.4 Å². The van der Waals surface area contributed by atoms with Crippen LogP contribution in [0.2, 0.25) is 5.02 Å². The van der Waals surface area contributed by atoms with Gasteiger partial charge in [-0.3, -0.25) is 14.5 Å². The van der Waals surface area contributed by atoms with Crippen molar-refractivity contribution in [3.05, 3.63) is 100 Å². The van der Waals surface area contributed by atoms with Crippen molar-refractivity contribution in [1.29, 1.82) is 0 Å². The van der Waals surface area contributed by atoms with E-state index in [1.165, 1.54) is 16.0 Å². The van der Waals surface area contributed by atoms with Gasteiger partial charge in [0.15, 0.2) is 0 Å². The van der Waals surface area contributed by atoms with E-state index in [1.54, 1.807) is 49.6 Å². The van der Waals surface area contributed by atoms with Crippen molar-refractivity contribution in [1.82, 2.24) is 14.8 Å². The standard InChI is InChI=1S/C31H32ClFN4O4/c1-40-23-8-6-7-22(19-23)28-20-29(25-10-3-5-12-27(25)33)37(34-28)30(38)21-36(14-13-35-15-17-41-18-16-35)31(39)24-9-2-4-11-26(24)32/h2-12,19,29H,13-18,20-21H2,1H3/t29-/m1/s1. The van der Waals surface area contributed by atoms with Gasteiger partial charge in [-0.25, -0.2) is 9.40 Å². The fourth-order valence-electron chi connectivity index (χ4n) is 5.08. The molecule has 0 radical (unpaired) electrons. The molecule has 2 amide bonds. The molecule has 0 saturated carbocycles. The maximum Gasteiger partial charge on any atom is 0.262 e. The Balaban J connectivity index is 1.44. The van der Waals surface area contributed by atoms with E-state index in [2.05, 4.69) is 10.0 Å². The van der Waals surface area contributed by atoms with Gasteiger partial charge in [0.2, 0.25) is 0 Å². The van der Waals surface area contributed by atoms with Gasteiger partial charge in [0.25, 0.3) is 11.8 Å². The fourth-order valence-corrected chi connectivity index (χ4v) is 5.30. The zero-order valence-electron chi connectivity index (χ0n) is 22.8. The first-order chi connectivity index (χ1) is 19.9. The van der Waals surface area contributed by atoms with Gasteiger partial charge in [0.1, 0.15) is 18.1 Å². The molecule has 0 unspecified atom stereocenters. The fraction of sp³-hybridized carbons (Fsp3) is 0.323. The Hall–Kier alpha value is -3.79. The summed E-state index contributed by atoms with van der Waals surface area (Å²) >= 11 is 6.36. The van der Waals surface area contributed by atoms with Gasteiger partial charge < -0.3 is 14.4 Å². The summed E-state index contributed by atoms with van der Waals surface area (Å²) in [6.45, 7) is 3.38. The van der Waals surface area contributed by atoms with Gasteiger partial charge >= 0.3 is 0 Å². The lowest BCUT2D eigenvalue weighted by Crippen LogP contribution is -2.46. The van der Waals surface area contributed by atoms with Gasteiger partial charge in [0, 0.05) is 43.7 Å². The van der Waals surface area contributed by atoms with E-state index in [0.717, 1.165) is 18.7 Å². The molecule has 2 aliphatic heterocycles. The first-order valence-corrected chi connectivity index (χ1v) is 13.9. The van der Waals surface area contributed by atoms with E-state index >= 15 is 4.39 Å². The molecular formula is C31H32ClFN4O4. The lowest BCUT2D eigenvalue weighted by molar-refractivity contribution is -0.133. The number of nitrogens with zero attached hydrogens (tertiary/aromatic N) is 4. The Bertz CT molecular complexity index is 1430. The van der Waals surface area contributed by atoms with Crippen LogP contribution in [0.4, 0.5) is 4.39 Å². The summed E-state index contributed by atoms with van der Waals surface area (Å²) in [5.41, 5.74) is 2.08. The summed E-state index contributed by atoms with van der Waals surface area (Å²) in [5, 5.41) is 6.30. The molecule has 1 fully saturated rings. The van der Waals surface area contributed by atoms with Crippen molar-refractivity contribution in [3.63, 3.8) is 0 Å². The largest absolute Gasteiger partial charge is 0.497 e. The number of morpholine rings is 1. The van der Waals surface area contributed by atoms with Crippen molar-refractivity contribution >= 4 is 29.1 Å². The van der Waals surface area contributed by atoms with Gasteiger partial charge in [-0.2, -0.15) is 5.10 Å². The maximum atomic E-state index is 15.0. The van der Waals surface area contributed by atoms with Crippen LogP contribution in [-0.2, 0) is 9.53 Å². The average Bonchev–Trinajstić information content (AvgIpc) is 3.45. The number of hydrazone groups is 1. The number of hydrogen-bond donors (Lipinski definition) is 0. The molecule has 2 heterocycles. The van der Waals surface area contributed by atoms with Gasteiger partial charge in [-0.15, -0.1) is 0 Å². The second kappa shape index (κ2) is 13.2. The molecule has 0 spiro atoms. The maximum absolute atomic E-state index is 15.0. The number of carbonyl (C=O) groups excluding carboxylic acids is 2. The topological polar surface area (TPSA) is 74.7 Å². The van der Waals surface area contributed by atoms with Gasteiger partial charge in [-0.05, 0) is 30.3 Å². The van der Waals surface area contributed by atoms with E-state index in [-0.39, 0.29) is 12.5 Å². The van der Waals surface area contributed by atoms with Crippen LogP contribution < -0.4 is 4.74 Å². The molecule has 1 atom stereocenters. The van der Waals surface area contributed by atoms with E-state index < -0.39 is 17.8 Å². The van der Waals surface area contributed by atoms with E-state index in [0.29, 0.717) is 60.3 Å². The second-order valence-electron chi connectivity index (χ2n) is 9.92. The van der Waals surface area contributed by atoms with Crippen LogP contribution >= 0.6 is 11.6 Å². The molecule has 0 aliphatic carbocycles. The number of hydrogen-bond acceptors (Lipinski definition) is 6. The van der Waals surface area contributed by atoms with Crippen molar-refractivity contribution in [2.45, 2.75) is 12.5 Å². The molecule has 3 aromatic rings. The zero-order chi connectivity index (χ0) is 28.8. The highest BCUT2D eigenvalue weighted by molar-refractivity contribution is 6.33. The van der Waals surface area contributed by atoms with E-state index in [9.17, 15) is 9.59 Å². The number of methoxy groups -OCH3 is 1. The highest BCUT2D eigenvalue weighted by atomic mass is 35.5. The van der Waals surface area contributed by atoms with Crippen LogP contribution in [0.1, 0.15) is 33.9 Å². The first-order valence-electron chi connectivity index (χ1n) is 13.6. The van der Waals surface area contributed by atoms with Crippen molar-refractivity contribution in [2.75, 3.05) is 53.0 Å². The molecule has 2 aliphatic rings. The van der Waals surface area contributed by atoms with Crippen LogP contribution in [0, 0.1) is 5.82 Å². The summed E-state index contributed by atoms with van der Waals surface area (Å²) in [5.74, 6) is -0.542. The molecule has 3 aromatic carbocycles. The summed E-state index contributed by atoms with van der Waals surface area (Å²) in [6, 6.07) is 19.9. The number of halogens is 2. The SMILES string of the molecule is COc1cccc(C2=NN(C(=O)CN(CCN3CCOCC3)C(=O)c3ccccc3Cl)[C@@H](c3ccccc3F)C2)c1. The molecule has 214 valence electrons. The Labute approximate surface area is 243 Å². The molecule has 8 nitrogen and oxygen atoms in total. The number of carbonyl (C=O) groups is 2. The Kier molecular flexibility index (Phi) is 9.28. The molecule has 41 heavy (non-hydrogen) atoms. The quantitative estimate of drug-likeness (QED) is 0.370. The molecule has 0 bridgehead atoms. The summed E-state index contributed by atoms with van der Waals surface area (Å²) in [7, 11) is 1.58. The normalized spacial score (nSPS) is 17.3. The Morgan fingerprint density at radius 3 is 2.59 bits per heavy atom. The van der Waals surface area contributed by atoms with Gasteiger partial charge in [0.05, 0.1) is 42.7 Å². The van der Waals surface area contributed by atoms with Crippen LogP contribution in [0.15, 0.2) is 77.9 Å². The average molecular weight is 579 g/mol. The van der Waals surface area contributed by atoms with E-state index in [4.69, 9.17) is 21.1 Å². The van der Waals surface area contributed by atoms with Crippen molar-refractivity contribution in [2.24, 2.45) is 5.10 Å². The highest BCUT2D eigenvalue weighted by Gasteiger charge is 2.36. The molecule has 5 rings (SSSR count). The summed E-state index contributed by atoms with van der Waals surface area (Å²) in [6.07, 6.45) is 0.312. The molecule has 10 heteroatoms. The minimum absolute atomic E-state index is 0.242. The third-order valence-corrected chi connectivity index (χ3v) is 7.67. The highest BCUT2D eigenvalue weighted by Crippen LogP contribution is 2.35. The lowest BCUT2D eigenvalue weighted by atomic mass is 9.98. The predicted molar refractivity (Wildman–Crippen MR) is 155 cm³/mol. The monoisotopic (exact) mass is 578 g/mol. The minimum Gasteiger partial charge on any atom is -0.497 e. The van der Waals surface area contributed by atoms with E-state index in [1.807, 2.05) is 24.3 Å². The number of rotatable bonds is 9. The molecule has 1 saturated heterocycles. The molecular weight excluding hydrogens is 547 g/mol. The zero-order valence-corrected chi connectivity index (χ0v) is 23.6. The second-order valence-corrected chi connectivity index (χ2v) is 10.3. The first kappa shape index (κ1) is 28.7. The van der Waals surface area contributed by atoms with Gasteiger partial charge in [-0.1, -0.05) is 54.1 Å². The summed E-state index contributed by atoms with van der Waals surface area (Å²) in [4.78, 5) is 31.3. The lowest BCUT2D eigenvalue weighted by Gasteiger charge is -2.31. The van der Waals surface area contributed by atoms with Crippen LogP contribution in [0.3, 0.4) is 0 Å². The minimum atomic E-state index is -0.665. The van der Waals surface area contributed by atoms with Crippen LogP contribution in [0.25, 0.3) is 0 Å². The number of ether oxygens (including phenoxy) is 2. The van der Waals surface area contributed by atoms with Crippen molar-refractivity contribution in [3.8, 4) is 5.75 Å². The molecule has 0 N–H and O–H groups in total. The smallest absolute Gasteiger partial charge is 0.262 e. The number of benzene rings is 3. The molecule has 0 aromatic heterocycles. The Morgan fingerprint density at radius 1 is 1.07 bits per heavy atom. The predicted octanol–water partition coefficient (Wildman–Crippen LogP) is 4.64. The summed E-state index contributed by atoms with van der Waals surface area (Å²) < 4.78 is 25.8. The third-order valence-electron chi connectivity index (χ3n) is 7.34. The number of amides is 2. The third kappa shape index (κ3) is 6.75.